The van der Waals surface area contributed by atoms with E-state index in [0.717, 1.165) is 51.3 Å². The molecule has 0 saturated carbocycles. The van der Waals surface area contributed by atoms with Crippen molar-refractivity contribution in [2.75, 3.05) is 51.1 Å². The highest BCUT2D eigenvalue weighted by Gasteiger charge is 2.42. The Morgan fingerprint density at radius 1 is 1.41 bits per heavy atom. The van der Waals surface area contributed by atoms with Gasteiger partial charge in [-0.25, -0.2) is 0 Å². The molecule has 8 heteroatoms. The number of carbonyl (C=O) groups is 1. The maximum atomic E-state index is 10.5. The van der Waals surface area contributed by atoms with Gasteiger partial charge in [0.2, 0.25) is 0 Å². The molecule has 1 aromatic carbocycles. The van der Waals surface area contributed by atoms with E-state index >= 15 is 0 Å². The number of rotatable bonds is 8. The van der Waals surface area contributed by atoms with Crippen molar-refractivity contribution in [1.29, 1.82) is 5.26 Å². The molecule has 2 heterocycles. The normalized spacial score (nSPS) is 24.8. The van der Waals surface area contributed by atoms with Gasteiger partial charge in [-0.1, -0.05) is 0 Å². The van der Waals surface area contributed by atoms with Gasteiger partial charge in [0.1, 0.15) is 6.09 Å². The second-order valence-electron chi connectivity index (χ2n) is 7.22. The van der Waals surface area contributed by atoms with Gasteiger partial charge in [-0.3, -0.25) is 4.90 Å². The van der Waals surface area contributed by atoms with Gasteiger partial charge < -0.3 is 30.6 Å². The lowest BCUT2D eigenvalue weighted by Gasteiger charge is -2.50. The van der Waals surface area contributed by atoms with Crippen LogP contribution in [0.15, 0.2) is 24.3 Å². The number of carbonyl (C=O) groups excluding carboxylic acids is 1. The van der Waals surface area contributed by atoms with Crippen molar-refractivity contribution < 1.29 is 14.6 Å². The molecule has 2 atom stereocenters. The maximum Gasteiger partial charge on any atom is 0.134 e. The van der Waals surface area contributed by atoms with Crippen LogP contribution in [0.5, 0.6) is 0 Å². The number of morpholine rings is 2. The quantitative estimate of drug-likeness (QED) is 0.538. The fourth-order valence-electron chi connectivity index (χ4n) is 3.87. The summed E-state index contributed by atoms with van der Waals surface area (Å²) in [4.78, 5) is 12.8. The van der Waals surface area contributed by atoms with Crippen molar-refractivity contribution in [3.63, 3.8) is 0 Å². The summed E-state index contributed by atoms with van der Waals surface area (Å²) in [6.45, 7) is 5.11. The molecule has 2 fully saturated rings. The molecule has 1 aromatic rings. The molecule has 3 N–H and O–H groups in total. The molecule has 2 aliphatic rings. The Balaban J connectivity index is 1.46. The first-order chi connectivity index (χ1) is 13.1. The number of carboxylic acid groups (broad SMARTS) is 1. The predicted molar refractivity (Wildman–Crippen MR) is 99.2 cm³/mol. The van der Waals surface area contributed by atoms with Crippen molar-refractivity contribution in [1.82, 2.24) is 15.5 Å². The summed E-state index contributed by atoms with van der Waals surface area (Å²) in [6.07, 6.45) is 0.791. The van der Waals surface area contributed by atoms with Crippen LogP contribution < -0.4 is 21.1 Å². The van der Waals surface area contributed by atoms with Crippen LogP contribution in [0, 0.1) is 11.3 Å². The summed E-state index contributed by atoms with van der Waals surface area (Å²) >= 11 is 0. The largest absolute Gasteiger partial charge is 0.530 e. The molecule has 2 bridgehead atoms. The van der Waals surface area contributed by atoms with Crippen LogP contribution in [0.1, 0.15) is 18.4 Å². The average Bonchev–Trinajstić information content (AvgIpc) is 2.65. The first kappa shape index (κ1) is 19.4. The average molecular weight is 372 g/mol. The van der Waals surface area contributed by atoms with Crippen LogP contribution in [0.4, 0.5) is 10.5 Å². The Labute approximate surface area is 159 Å². The third-order valence-electron chi connectivity index (χ3n) is 5.06. The minimum Gasteiger partial charge on any atom is -0.530 e. The molecule has 146 valence electrons. The van der Waals surface area contributed by atoms with Gasteiger partial charge in [0, 0.05) is 51.5 Å². The maximum absolute atomic E-state index is 10.5. The van der Waals surface area contributed by atoms with Crippen LogP contribution in [0.2, 0.25) is 0 Å². The van der Waals surface area contributed by atoms with Gasteiger partial charge in [0.15, 0.2) is 0 Å². The van der Waals surface area contributed by atoms with Crippen molar-refractivity contribution in [2.45, 2.75) is 24.5 Å². The molecule has 0 radical (unpaired) electrons. The van der Waals surface area contributed by atoms with E-state index in [0.29, 0.717) is 18.7 Å². The van der Waals surface area contributed by atoms with Gasteiger partial charge in [0.05, 0.1) is 23.3 Å². The van der Waals surface area contributed by atoms with Crippen molar-refractivity contribution in [3.8, 4) is 6.07 Å². The minimum atomic E-state index is -1.23. The van der Waals surface area contributed by atoms with E-state index in [1.54, 1.807) is 12.1 Å². The van der Waals surface area contributed by atoms with E-state index in [-0.39, 0.29) is 11.7 Å². The van der Waals surface area contributed by atoms with Gasteiger partial charge in [-0.05, 0) is 37.1 Å². The topological polar surface area (TPSA) is 112 Å². The molecule has 2 unspecified atom stereocenters. The van der Waals surface area contributed by atoms with E-state index in [4.69, 9.17) is 10.00 Å². The van der Waals surface area contributed by atoms with Crippen molar-refractivity contribution >= 4 is 11.8 Å². The van der Waals surface area contributed by atoms with E-state index in [2.05, 4.69) is 26.9 Å². The number of nitrogens with one attached hydrogen (secondary N) is 3. The monoisotopic (exact) mass is 372 g/mol. The molecular weight excluding hydrogens is 346 g/mol. The van der Waals surface area contributed by atoms with Crippen LogP contribution >= 0.6 is 0 Å². The Morgan fingerprint density at radius 3 is 2.96 bits per heavy atom. The molecule has 2 saturated heterocycles. The number of hydrogen-bond acceptors (Lipinski definition) is 7. The number of hydrogen-bond donors (Lipinski definition) is 3. The third-order valence-corrected chi connectivity index (χ3v) is 5.06. The molecule has 27 heavy (non-hydrogen) atoms. The van der Waals surface area contributed by atoms with Gasteiger partial charge in [-0.2, -0.15) is 5.26 Å². The van der Waals surface area contributed by atoms with Crippen LogP contribution in [0.25, 0.3) is 0 Å². The van der Waals surface area contributed by atoms with E-state index in [1.165, 1.54) is 0 Å². The first-order valence-corrected chi connectivity index (χ1v) is 9.38. The second-order valence-corrected chi connectivity index (χ2v) is 7.22. The molecule has 3 rings (SSSR count). The highest BCUT2D eigenvalue weighted by Crippen LogP contribution is 2.28. The number of nitriles is 1. The Morgan fingerprint density at radius 2 is 2.22 bits per heavy atom. The van der Waals surface area contributed by atoms with Crippen LogP contribution in [-0.4, -0.2) is 68.5 Å². The lowest BCUT2D eigenvalue weighted by molar-refractivity contribution is -0.250. The predicted octanol–water partition coefficient (Wildman–Crippen LogP) is -0.274. The number of fused-ring (bicyclic) bond motifs is 2. The summed E-state index contributed by atoms with van der Waals surface area (Å²) in [6, 6.07) is 9.56. The SMILES string of the molecule is N#Cc1ccc(NCCCC23CNCC(CN(CCNC(=O)[O-])C2)O3)cc1. The zero-order chi connectivity index (χ0) is 19.1. The molecule has 0 spiro atoms. The van der Waals surface area contributed by atoms with Gasteiger partial charge in [0.25, 0.3) is 0 Å². The molecule has 2 aliphatic heterocycles. The minimum absolute atomic E-state index is 0.141. The Kier molecular flexibility index (Phi) is 6.50. The van der Waals surface area contributed by atoms with Crippen LogP contribution in [0.3, 0.4) is 0 Å². The molecule has 1 amide bonds. The number of ether oxygens (including phenoxy) is 1. The summed E-state index contributed by atoms with van der Waals surface area (Å²) in [5, 5.41) is 28.6. The van der Waals surface area contributed by atoms with Crippen molar-refractivity contribution in [3.05, 3.63) is 29.8 Å². The third kappa shape index (κ3) is 5.57. The summed E-state index contributed by atoms with van der Waals surface area (Å²) in [5.74, 6) is 0. The second kappa shape index (κ2) is 9.04. The Bertz CT molecular complexity index is 675. The van der Waals surface area contributed by atoms with Gasteiger partial charge >= 0.3 is 0 Å². The number of amides is 1. The lowest BCUT2D eigenvalue weighted by atomic mass is 9.91. The van der Waals surface area contributed by atoms with E-state index < -0.39 is 6.09 Å². The first-order valence-electron chi connectivity index (χ1n) is 9.38. The zero-order valence-corrected chi connectivity index (χ0v) is 15.4. The summed E-state index contributed by atoms with van der Waals surface area (Å²) in [5.41, 5.74) is 1.43. The standard InChI is InChI=1S/C19H27N5O3/c20-10-15-2-4-16(5-3-15)22-7-1-6-19-13-21-11-17(27-19)12-24(14-19)9-8-23-18(25)26/h2-5,17,21-23H,1,6-9,11-14H2,(H,25,26)/p-1. The summed E-state index contributed by atoms with van der Waals surface area (Å²) < 4.78 is 6.33. The van der Waals surface area contributed by atoms with Crippen LogP contribution in [-0.2, 0) is 4.74 Å². The Hall–Kier alpha value is -2.34. The fourth-order valence-corrected chi connectivity index (χ4v) is 3.87. The molecule has 8 nitrogen and oxygen atoms in total. The molecule has 0 aromatic heterocycles. The lowest BCUT2D eigenvalue weighted by Crippen LogP contribution is -2.66. The molecule has 0 aliphatic carbocycles. The number of nitrogens with zero attached hydrogens (tertiary/aromatic N) is 2. The number of anilines is 1. The highest BCUT2D eigenvalue weighted by molar-refractivity contribution is 5.61. The highest BCUT2D eigenvalue weighted by atomic mass is 16.5. The molecular formula is C19H26N5O3-. The van der Waals surface area contributed by atoms with Crippen molar-refractivity contribution in [2.24, 2.45) is 0 Å². The fraction of sp³-hybridized carbons (Fsp3) is 0.579. The smallest absolute Gasteiger partial charge is 0.134 e. The van der Waals surface area contributed by atoms with E-state index in [9.17, 15) is 9.90 Å². The number of benzene rings is 1. The van der Waals surface area contributed by atoms with Gasteiger partial charge in [-0.15, -0.1) is 0 Å². The summed E-state index contributed by atoms with van der Waals surface area (Å²) in [7, 11) is 0. The van der Waals surface area contributed by atoms with E-state index in [1.807, 2.05) is 12.1 Å². The zero-order valence-electron chi connectivity index (χ0n) is 15.4.